The van der Waals surface area contributed by atoms with Gasteiger partial charge in [0, 0.05) is 20.9 Å². The second kappa shape index (κ2) is 5.15. The summed E-state index contributed by atoms with van der Waals surface area (Å²) in [5.41, 5.74) is 3.04. The van der Waals surface area contributed by atoms with Crippen molar-refractivity contribution >= 4 is 28.2 Å². The Morgan fingerprint density at radius 3 is 2.71 bits per heavy atom. The molecule has 0 amide bonds. The third-order valence-electron chi connectivity index (χ3n) is 3.27. The van der Waals surface area contributed by atoms with E-state index in [1.54, 1.807) is 6.07 Å². The summed E-state index contributed by atoms with van der Waals surface area (Å²) in [7, 11) is 0. The SMILES string of the molecule is CC1(C)C=C(c2ccc(I)cn2)c2cc(C#N)ccc2O1. The predicted octanol–water partition coefficient (Wildman–Crippen LogP) is 4.16. The molecule has 0 radical (unpaired) electrons. The molecule has 1 aromatic heterocycles. The first-order valence-corrected chi connectivity index (χ1v) is 7.65. The van der Waals surface area contributed by atoms with Crippen LogP contribution in [0, 0.1) is 14.9 Å². The molecule has 0 fully saturated rings. The minimum absolute atomic E-state index is 0.402. The minimum Gasteiger partial charge on any atom is -0.483 e. The van der Waals surface area contributed by atoms with Crippen molar-refractivity contribution in [2.24, 2.45) is 0 Å². The molecule has 0 aliphatic carbocycles. The van der Waals surface area contributed by atoms with Gasteiger partial charge in [0.05, 0.1) is 17.3 Å². The predicted molar refractivity (Wildman–Crippen MR) is 89.9 cm³/mol. The summed E-state index contributed by atoms with van der Waals surface area (Å²) in [6.45, 7) is 4.03. The molecule has 0 N–H and O–H groups in total. The van der Waals surface area contributed by atoms with Crippen LogP contribution in [0.3, 0.4) is 0 Å². The molecule has 0 saturated heterocycles. The van der Waals surface area contributed by atoms with Crippen LogP contribution in [-0.2, 0) is 0 Å². The minimum atomic E-state index is -0.402. The number of hydrogen-bond donors (Lipinski definition) is 0. The summed E-state index contributed by atoms with van der Waals surface area (Å²) < 4.78 is 7.07. The highest BCUT2D eigenvalue weighted by Gasteiger charge is 2.27. The lowest BCUT2D eigenvalue weighted by Crippen LogP contribution is -2.29. The van der Waals surface area contributed by atoms with E-state index in [9.17, 15) is 0 Å². The van der Waals surface area contributed by atoms with Crippen molar-refractivity contribution in [1.82, 2.24) is 4.98 Å². The fourth-order valence-corrected chi connectivity index (χ4v) is 2.70. The molecule has 0 spiro atoms. The maximum atomic E-state index is 9.11. The normalized spacial score (nSPS) is 15.4. The van der Waals surface area contributed by atoms with E-state index < -0.39 is 5.60 Å². The smallest absolute Gasteiger partial charge is 0.128 e. The first-order valence-electron chi connectivity index (χ1n) is 6.57. The maximum absolute atomic E-state index is 9.11. The van der Waals surface area contributed by atoms with E-state index in [1.165, 1.54) is 0 Å². The van der Waals surface area contributed by atoms with Crippen molar-refractivity contribution in [3.8, 4) is 11.8 Å². The molecule has 1 aliphatic heterocycles. The Morgan fingerprint density at radius 2 is 2.05 bits per heavy atom. The van der Waals surface area contributed by atoms with Gasteiger partial charge in [-0.15, -0.1) is 0 Å². The molecule has 1 aromatic carbocycles. The first-order chi connectivity index (χ1) is 9.98. The van der Waals surface area contributed by atoms with Gasteiger partial charge in [-0.1, -0.05) is 0 Å². The Labute approximate surface area is 137 Å². The van der Waals surface area contributed by atoms with Gasteiger partial charge in [-0.3, -0.25) is 4.98 Å². The van der Waals surface area contributed by atoms with Gasteiger partial charge in [-0.2, -0.15) is 5.26 Å². The zero-order valence-electron chi connectivity index (χ0n) is 11.7. The molecule has 104 valence electrons. The van der Waals surface area contributed by atoms with E-state index in [-0.39, 0.29) is 0 Å². The number of hydrogen-bond acceptors (Lipinski definition) is 3. The summed E-state index contributed by atoms with van der Waals surface area (Å²) in [5.74, 6) is 0.789. The zero-order chi connectivity index (χ0) is 15.0. The van der Waals surface area contributed by atoms with Crippen molar-refractivity contribution in [2.45, 2.75) is 19.4 Å². The Balaban J connectivity index is 2.20. The summed E-state index contributed by atoms with van der Waals surface area (Å²) in [4.78, 5) is 4.51. The topological polar surface area (TPSA) is 45.9 Å². The Hall–Kier alpha value is -1.87. The summed E-state index contributed by atoms with van der Waals surface area (Å²) >= 11 is 2.24. The molecule has 3 rings (SSSR count). The highest BCUT2D eigenvalue weighted by molar-refractivity contribution is 14.1. The lowest BCUT2D eigenvalue weighted by atomic mass is 9.91. The van der Waals surface area contributed by atoms with E-state index in [0.29, 0.717) is 5.56 Å². The number of halogens is 1. The van der Waals surface area contributed by atoms with Crippen LogP contribution in [0.15, 0.2) is 42.6 Å². The quantitative estimate of drug-likeness (QED) is 0.690. The molecule has 3 nitrogen and oxygen atoms in total. The van der Waals surface area contributed by atoms with Crippen LogP contribution >= 0.6 is 22.6 Å². The second-order valence-electron chi connectivity index (χ2n) is 5.45. The summed E-state index contributed by atoms with van der Waals surface area (Å²) in [6, 6.07) is 11.7. The fourth-order valence-electron chi connectivity index (χ4n) is 2.38. The van der Waals surface area contributed by atoms with Crippen molar-refractivity contribution in [2.75, 3.05) is 0 Å². The molecule has 0 unspecified atom stereocenters. The van der Waals surface area contributed by atoms with Crippen LogP contribution in [0.1, 0.15) is 30.7 Å². The van der Waals surface area contributed by atoms with Crippen molar-refractivity contribution in [1.29, 1.82) is 5.26 Å². The molecule has 21 heavy (non-hydrogen) atoms. The van der Waals surface area contributed by atoms with Gasteiger partial charge in [0.1, 0.15) is 11.4 Å². The van der Waals surface area contributed by atoms with Gasteiger partial charge in [-0.05, 0) is 72.8 Å². The summed E-state index contributed by atoms with van der Waals surface area (Å²) in [5, 5.41) is 9.11. The summed E-state index contributed by atoms with van der Waals surface area (Å²) in [6.07, 6.45) is 3.90. The average molecular weight is 388 g/mol. The van der Waals surface area contributed by atoms with Gasteiger partial charge in [0.15, 0.2) is 0 Å². The number of benzene rings is 1. The molecule has 4 heteroatoms. The van der Waals surface area contributed by atoms with E-state index in [2.05, 4.69) is 39.7 Å². The fraction of sp³-hybridized carbons (Fsp3) is 0.176. The molecule has 0 atom stereocenters. The molecule has 0 bridgehead atoms. The molecular formula is C17H13IN2O. The number of rotatable bonds is 1. The third-order valence-corrected chi connectivity index (χ3v) is 3.91. The molecule has 2 aromatic rings. The highest BCUT2D eigenvalue weighted by atomic mass is 127. The number of nitrogens with zero attached hydrogens (tertiary/aromatic N) is 2. The van der Waals surface area contributed by atoms with Gasteiger partial charge < -0.3 is 4.74 Å². The lowest BCUT2D eigenvalue weighted by Gasteiger charge is -2.31. The van der Waals surface area contributed by atoms with Crippen molar-refractivity contribution < 1.29 is 4.74 Å². The Morgan fingerprint density at radius 1 is 1.24 bits per heavy atom. The van der Waals surface area contributed by atoms with Gasteiger partial charge in [-0.25, -0.2) is 0 Å². The van der Waals surface area contributed by atoms with Crippen LogP contribution in [0.5, 0.6) is 5.75 Å². The van der Waals surface area contributed by atoms with E-state index in [0.717, 1.165) is 26.2 Å². The Bertz CT molecular complexity index is 770. The Kier molecular flexibility index (Phi) is 3.46. The monoisotopic (exact) mass is 388 g/mol. The molecular weight excluding hydrogens is 375 g/mol. The van der Waals surface area contributed by atoms with Crippen LogP contribution in [0.4, 0.5) is 0 Å². The largest absolute Gasteiger partial charge is 0.483 e. The van der Waals surface area contributed by atoms with Gasteiger partial charge >= 0.3 is 0 Å². The first kappa shape index (κ1) is 14.1. The molecule has 1 aliphatic rings. The van der Waals surface area contributed by atoms with E-state index in [1.807, 2.05) is 44.3 Å². The van der Waals surface area contributed by atoms with Crippen LogP contribution in [0.2, 0.25) is 0 Å². The average Bonchev–Trinajstić information content (AvgIpc) is 2.46. The van der Waals surface area contributed by atoms with Crippen LogP contribution < -0.4 is 4.74 Å². The highest BCUT2D eigenvalue weighted by Crippen LogP contribution is 2.39. The number of nitriles is 1. The number of fused-ring (bicyclic) bond motifs is 1. The lowest BCUT2D eigenvalue weighted by molar-refractivity contribution is 0.158. The van der Waals surface area contributed by atoms with Crippen LogP contribution in [0.25, 0.3) is 5.57 Å². The maximum Gasteiger partial charge on any atom is 0.128 e. The number of ether oxygens (including phenoxy) is 1. The second-order valence-corrected chi connectivity index (χ2v) is 6.69. The van der Waals surface area contributed by atoms with E-state index in [4.69, 9.17) is 10.00 Å². The van der Waals surface area contributed by atoms with Crippen molar-refractivity contribution in [3.05, 3.63) is 63.0 Å². The van der Waals surface area contributed by atoms with Crippen molar-refractivity contribution in [3.63, 3.8) is 0 Å². The van der Waals surface area contributed by atoms with Crippen LogP contribution in [-0.4, -0.2) is 10.6 Å². The van der Waals surface area contributed by atoms with Gasteiger partial charge in [0.2, 0.25) is 0 Å². The standard InChI is InChI=1S/C17H13IN2O/c1-17(2)8-14(15-5-4-12(18)10-20-15)13-7-11(9-19)3-6-16(13)21-17/h3-8,10H,1-2H3. The molecule has 2 heterocycles. The van der Waals surface area contributed by atoms with Gasteiger partial charge in [0.25, 0.3) is 0 Å². The third kappa shape index (κ3) is 2.79. The zero-order valence-corrected chi connectivity index (χ0v) is 13.9. The number of pyridine rings is 1. The molecule has 0 saturated carbocycles. The number of aromatic nitrogens is 1. The van der Waals surface area contributed by atoms with E-state index >= 15 is 0 Å².